The van der Waals surface area contributed by atoms with Crippen molar-refractivity contribution in [2.24, 2.45) is 5.92 Å². The molecule has 0 aromatic carbocycles. The Labute approximate surface area is 95.5 Å². The van der Waals surface area contributed by atoms with Crippen LogP contribution in [0.15, 0.2) is 22.8 Å². The third kappa shape index (κ3) is 4.24. The fourth-order valence-corrected chi connectivity index (χ4v) is 2.20. The van der Waals surface area contributed by atoms with Crippen LogP contribution in [-0.2, 0) is 0 Å². The average Bonchev–Trinajstić information content (AvgIpc) is 2.57. The fraction of sp³-hybridized carbons (Fsp3) is 0.733. The molecule has 0 spiro atoms. The van der Waals surface area contributed by atoms with Gasteiger partial charge in [0.15, 0.2) is 0 Å². The molecule has 2 rings (SSSR count). The lowest BCUT2D eigenvalue weighted by molar-refractivity contribution is 0.670. The van der Waals surface area contributed by atoms with Gasteiger partial charge in [0.2, 0.25) is 0 Å². The van der Waals surface area contributed by atoms with Crippen molar-refractivity contribution >= 4 is 0 Å². The minimum atomic E-state index is 0.875. The van der Waals surface area contributed by atoms with Crippen LogP contribution in [0.3, 0.4) is 0 Å². The first-order valence-electron chi connectivity index (χ1n) is 6.43. The first-order chi connectivity index (χ1) is 7.11. The van der Waals surface area contributed by atoms with E-state index in [0.717, 1.165) is 5.92 Å². The van der Waals surface area contributed by atoms with Crippen molar-refractivity contribution in [1.29, 1.82) is 0 Å². The number of rotatable bonds is 0. The van der Waals surface area contributed by atoms with Crippen molar-refractivity contribution < 1.29 is 0 Å². The van der Waals surface area contributed by atoms with E-state index in [1.54, 1.807) is 16.7 Å². The van der Waals surface area contributed by atoms with E-state index >= 15 is 0 Å². The Morgan fingerprint density at radius 2 is 1.53 bits per heavy atom. The van der Waals surface area contributed by atoms with Crippen molar-refractivity contribution in [1.82, 2.24) is 0 Å². The molecule has 0 saturated carbocycles. The summed E-state index contributed by atoms with van der Waals surface area (Å²) in [7, 11) is 0. The van der Waals surface area contributed by atoms with Gasteiger partial charge in [-0.15, -0.1) is 0 Å². The van der Waals surface area contributed by atoms with Gasteiger partial charge in [0.05, 0.1) is 0 Å². The van der Waals surface area contributed by atoms with E-state index in [1.165, 1.54) is 38.5 Å². The van der Waals surface area contributed by atoms with Gasteiger partial charge in [-0.25, -0.2) is 0 Å². The van der Waals surface area contributed by atoms with E-state index in [-0.39, 0.29) is 0 Å². The molecule has 0 heteroatoms. The van der Waals surface area contributed by atoms with Crippen molar-refractivity contribution in [3.05, 3.63) is 22.8 Å². The molecule has 0 nitrogen and oxygen atoms in total. The summed E-state index contributed by atoms with van der Waals surface area (Å²) in [5.41, 5.74) is 4.85. The molecule has 0 heterocycles. The SMILES string of the molecule is CC1=C(C)CCCC1.CC1=CCCC1C. The number of allylic oxidation sites excluding steroid dienone is 4. The van der Waals surface area contributed by atoms with Gasteiger partial charge in [-0.3, -0.25) is 0 Å². The minimum absolute atomic E-state index is 0.875. The van der Waals surface area contributed by atoms with Crippen LogP contribution in [0.1, 0.15) is 66.2 Å². The molecule has 0 bridgehead atoms. The Morgan fingerprint density at radius 3 is 1.73 bits per heavy atom. The zero-order chi connectivity index (χ0) is 11.3. The Hall–Kier alpha value is -0.520. The molecule has 2 aliphatic rings. The normalized spacial score (nSPS) is 25.9. The zero-order valence-electron chi connectivity index (χ0n) is 10.9. The molecule has 0 aliphatic heterocycles. The second-order valence-electron chi connectivity index (χ2n) is 5.19. The van der Waals surface area contributed by atoms with Gasteiger partial charge in [-0.05, 0) is 65.2 Å². The highest BCUT2D eigenvalue weighted by atomic mass is 14.1. The topological polar surface area (TPSA) is 0 Å². The molecule has 0 N–H and O–H groups in total. The average molecular weight is 206 g/mol. The van der Waals surface area contributed by atoms with Crippen molar-refractivity contribution in [2.75, 3.05) is 0 Å². The molecule has 1 atom stereocenters. The molecular weight excluding hydrogens is 180 g/mol. The third-order valence-electron chi connectivity index (χ3n) is 3.93. The number of hydrogen-bond donors (Lipinski definition) is 0. The molecule has 0 fully saturated rings. The molecule has 0 radical (unpaired) electrons. The lowest BCUT2D eigenvalue weighted by Gasteiger charge is -2.12. The molecule has 0 aromatic rings. The summed E-state index contributed by atoms with van der Waals surface area (Å²) >= 11 is 0. The van der Waals surface area contributed by atoms with E-state index in [2.05, 4.69) is 33.8 Å². The minimum Gasteiger partial charge on any atom is -0.0853 e. The summed E-state index contributed by atoms with van der Waals surface area (Å²) in [4.78, 5) is 0. The van der Waals surface area contributed by atoms with Crippen LogP contribution in [0.4, 0.5) is 0 Å². The molecular formula is C15H26. The van der Waals surface area contributed by atoms with Crippen LogP contribution >= 0.6 is 0 Å². The Bertz CT molecular complexity index is 241. The highest BCUT2D eigenvalue weighted by Crippen LogP contribution is 2.23. The van der Waals surface area contributed by atoms with E-state index in [9.17, 15) is 0 Å². The smallest absolute Gasteiger partial charge is 0.0231 e. The van der Waals surface area contributed by atoms with Gasteiger partial charge >= 0.3 is 0 Å². The highest BCUT2D eigenvalue weighted by molar-refractivity contribution is 5.11. The van der Waals surface area contributed by atoms with Gasteiger partial charge in [-0.1, -0.05) is 29.7 Å². The van der Waals surface area contributed by atoms with Crippen LogP contribution in [0, 0.1) is 5.92 Å². The summed E-state index contributed by atoms with van der Waals surface area (Å²) in [5.74, 6) is 0.875. The quantitative estimate of drug-likeness (QED) is 0.474. The van der Waals surface area contributed by atoms with Crippen molar-refractivity contribution in [3.8, 4) is 0 Å². The predicted molar refractivity (Wildman–Crippen MR) is 69.0 cm³/mol. The van der Waals surface area contributed by atoms with E-state index in [0.29, 0.717) is 0 Å². The molecule has 15 heavy (non-hydrogen) atoms. The molecule has 2 aliphatic carbocycles. The molecule has 0 saturated heterocycles. The second kappa shape index (κ2) is 6.15. The lowest BCUT2D eigenvalue weighted by Crippen LogP contribution is -1.92. The van der Waals surface area contributed by atoms with Crippen LogP contribution in [0.2, 0.25) is 0 Å². The lowest BCUT2D eigenvalue weighted by atomic mass is 9.94. The monoisotopic (exact) mass is 206 g/mol. The van der Waals surface area contributed by atoms with Gasteiger partial charge in [-0.2, -0.15) is 0 Å². The molecule has 0 amide bonds. The summed E-state index contributed by atoms with van der Waals surface area (Å²) in [6.07, 6.45) is 10.6. The largest absolute Gasteiger partial charge is 0.0853 e. The van der Waals surface area contributed by atoms with E-state index in [4.69, 9.17) is 0 Å². The Morgan fingerprint density at radius 1 is 1.00 bits per heavy atom. The predicted octanol–water partition coefficient (Wildman–Crippen LogP) is 5.26. The van der Waals surface area contributed by atoms with Gasteiger partial charge in [0.1, 0.15) is 0 Å². The maximum absolute atomic E-state index is 2.34. The first kappa shape index (κ1) is 12.5. The number of hydrogen-bond acceptors (Lipinski definition) is 0. The summed E-state index contributed by atoms with van der Waals surface area (Å²) < 4.78 is 0. The van der Waals surface area contributed by atoms with Gasteiger partial charge in [0, 0.05) is 0 Å². The summed E-state index contributed by atoms with van der Waals surface area (Å²) in [6.45, 7) is 9.03. The molecule has 0 aromatic heterocycles. The van der Waals surface area contributed by atoms with E-state index in [1.807, 2.05) is 0 Å². The van der Waals surface area contributed by atoms with Gasteiger partial charge < -0.3 is 0 Å². The standard InChI is InChI=1S/C8H14.C7H12/c1-7-5-3-4-6-8(7)2;1-6-4-3-5-7(6)2/h3-6H2,1-2H3;4,7H,3,5H2,1-2H3. The van der Waals surface area contributed by atoms with Crippen LogP contribution in [0.5, 0.6) is 0 Å². The molecule has 86 valence electrons. The Balaban J connectivity index is 0.000000151. The fourth-order valence-electron chi connectivity index (χ4n) is 2.20. The zero-order valence-corrected chi connectivity index (χ0v) is 10.9. The van der Waals surface area contributed by atoms with Crippen molar-refractivity contribution in [2.45, 2.75) is 66.2 Å². The maximum Gasteiger partial charge on any atom is -0.0231 e. The third-order valence-corrected chi connectivity index (χ3v) is 3.93. The van der Waals surface area contributed by atoms with E-state index < -0.39 is 0 Å². The van der Waals surface area contributed by atoms with Crippen molar-refractivity contribution in [3.63, 3.8) is 0 Å². The second-order valence-corrected chi connectivity index (χ2v) is 5.19. The van der Waals surface area contributed by atoms with Crippen LogP contribution in [0.25, 0.3) is 0 Å². The Kier molecular flexibility index (Phi) is 5.14. The van der Waals surface area contributed by atoms with Crippen LogP contribution in [-0.4, -0.2) is 0 Å². The van der Waals surface area contributed by atoms with Crippen LogP contribution < -0.4 is 0 Å². The maximum atomic E-state index is 2.34. The molecule has 1 unspecified atom stereocenters. The first-order valence-corrected chi connectivity index (χ1v) is 6.43. The summed E-state index contributed by atoms with van der Waals surface area (Å²) in [6, 6.07) is 0. The van der Waals surface area contributed by atoms with Gasteiger partial charge in [0.25, 0.3) is 0 Å². The highest BCUT2D eigenvalue weighted by Gasteiger charge is 2.07. The summed E-state index contributed by atoms with van der Waals surface area (Å²) in [5, 5.41) is 0.